The van der Waals surface area contributed by atoms with Gasteiger partial charge >= 0.3 is 6.18 Å². The molecule has 1 atom stereocenters. The van der Waals surface area contributed by atoms with Crippen molar-refractivity contribution in [2.75, 3.05) is 56.9 Å². The highest BCUT2D eigenvalue weighted by Crippen LogP contribution is 2.29. The van der Waals surface area contributed by atoms with Gasteiger partial charge in [-0.3, -0.25) is 4.90 Å². The van der Waals surface area contributed by atoms with Gasteiger partial charge in [-0.2, -0.15) is 18.2 Å². The van der Waals surface area contributed by atoms with E-state index in [1.807, 2.05) is 13.8 Å². The zero-order valence-corrected chi connectivity index (χ0v) is 15.0. The molecule has 0 bridgehead atoms. The van der Waals surface area contributed by atoms with Crippen molar-refractivity contribution in [2.45, 2.75) is 32.5 Å². The summed E-state index contributed by atoms with van der Waals surface area (Å²) < 4.78 is 39.2. The summed E-state index contributed by atoms with van der Waals surface area (Å²) in [6.07, 6.45) is -3.73. The first-order valence-electron chi connectivity index (χ1n) is 8.65. The van der Waals surface area contributed by atoms with Gasteiger partial charge in [0.15, 0.2) is 5.69 Å². The molecule has 142 valence electrons. The third-order valence-electron chi connectivity index (χ3n) is 4.33. The molecule has 1 saturated heterocycles. The molecule has 0 radical (unpaired) electrons. The summed E-state index contributed by atoms with van der Waals surface area (Å²) >= 11 is 0. The van der Waals surface area contributed by atoms with Crippen molar-refractivity contribution in [3.63, 3.8) is 0 Å². The van der Waals surface area contributed by atoms with E-state index in [-0.39, 0.29) is 17.8 Å². The molecule has 0 saturated carbocycles. The molecule has 0 unspecified atom stereocenters. The van der Waals surface area contributed by atoms with Gasteiger partial charge in [0.25, 0.3) is 0 Å². The fourth-order valence-electron chi connectivity index (χ4n) is 2.48. The maximum atomic E-state index is 13.1. The number of anilines is 2. The van der Waals surface area contributed by atoms with Crippen LogP contribution in [0, 0.1) is 0 Å². The Morgan fingerprint density at radius 3 is 2.48 bits per heavy atom. The summed E-state index contributed by atoms with van der Waals surface area (Å²) in [5.41, 5.74) is -0.935. The largest absolute Gasteiger partial charge is 0.433 e. The predicted molar refractivity (Wildman–Crippen MR) is 92.8 cm³/mol. The molecular weight excluding hydrogens is 333 g/mol. The zero-order valence-electron chi connectivity index (χ0n) is 15.0. The number of nitrogens with zero attached hydrogens (tertiary/aromatic N) is 4. The molecule has 0 amide bonds. The van der Waals surface area contributed by atoms with Gasteiger partial charge in [-0.15, -0.1) is 0 Å². The van der Waals surface area contributed by atoms with Crippen LogP contribution in [0.2, 0.25) is 0 Å². The van der Waals surface area contributed by atoms with Crippen molar-refractivity contribution in [3.8, 4) is 0 Å². The van der Waals surface area contributed by atoms with Crippen LogP contribution < -0.4 is 10.6 Å². The number of hydrogen-bond donors (Lipinski definition) is 2. The van der Waals surface area contributed by atoms with Crippen LogP contribution in [0.3, 0.4) is 0 Å². The molecule has 0 aliphatic carbocycles. The number of aromatic nitrogens is 2. The van der Waals surface area contributed by atoms with Crippen LogP contribution >= 0.6 is 0 Å². The minimum Gasteiger partial charge on any atom is -0.369 e. The second-order valence-electron chi connectivity index (χ2n) is 6.49. The molecule has 2 heterocycles. The minimum atomic E-state index is -4.50. The average molecular weight is 360 g/mol. The summed E-state index contributed by atoms with van der Waals surface area (Å²) in [5.74, 6) is 0.202. The number of hydrogen-bond acceptors (Lipinski definition) is 6. The van der Waals surface area contributed by atoms with Gasteiger partial charge in [0, 0.05) is 51.4 Å². The van der Waals surface area contributed by atoms with Gasteiger partial charge in [0.05, 0.1) is 0 Å². The molecule has 1 aliphatic rings. The third-order valence-corrected chi connectivity index (χ3v) is 4.33. The molecule has 6 nitrogen and oxygen atoms in total. The van der Waals surface area contributed by atoms with Gasteiger partial charge < -0.3 is 15.5 Å². The first-order chi connectivity index (χ1) is 11.8. The molecule has 0 aromatic carbocycles. The number of piperazine rings is 1. The highest BCUT2D eigenvalue weighted by molar-refractivity contribution is 5.43. The second-order valence-corrected chi connectivity index (χ2v) is 6.49. The number of nitrogens with one attached hydrogen (secondary N) is 2. The van der Waals surface area contributed by atoms with Crippen LogP contribution in [0.15, 0.2) is 6.07 Å². The van der Waals surface area contributed by atoms with E-state index >= 15 is 0 Å². The Bertz CT molecular complexity index is 543. The van der Waals surface area contributed by atoms with Crippen LogP contribution in [-0.2, 0) is 6.18 Å². The average Bonchev–Trinajstić information content (AvgIpc) is 2.55. The lowest BCUT2D eigenvalue weighted by molar-refractivity contribution is -0.141. The first kappa shape index (κ1) is 19.7. The van der Waals surface area contributed by atoms with Gasteiger partial charge in [0.2, 0.25) is 5.95 Å². The molecule has 0 spiro atoms. The number of halogens is 3. The number of likely N-dealkylation sites (N-methyl/N-ethyl adjacent to an activating group) is 1. The van der Waals surface area contributed by atoms with Crippen molar-refractivity contribution < 1.29 is 13.2 Å². The third kappa shape index (κ3) is 6.32. The quantitative estimate of drug-likeness (QED) is 0.779. The van der Waals surface area contributed by atoms with Gasteiger partial charge in [-0.25, -0.2) is 4.98 Å². The van der Waals surface area contributed by atoms with Crippen molar-refractivity contribution in [3.05, 3.63) is 11.8 Å². The standard InChI is InChI=1S/C16H27F3N6/c1-4-12(2)21-15-22-13(16(17,18)19)11-14(23-15)20-5-6-25-9-7-24(3)8-10-25/h11-12H,4-10H2,1-3H3,(H2,20,21,22,23)/t12-/m0/s1. The van der Waals surface area contributed by atoms with Crippen LogP contribution in [0.5, 0.6) is 0 Å². The smallest absolute Gasteiger partial charge is 0.369 e. The van der Waals surface area contributed by atoms with Crippen molar-refractivity contribution in [2.24, 2.45) is 0 Å². The van der Waals surface area contributed by atoms with Crippen LogP contribution in [0.25, 0.3) is 0 Å². The highest BCUT2D eigenvalue weighted by Gasteiger charge is 2.33. The molecular formula is C16H27F3N6. The van der Waals surface area contributed by atoms with Gasteiger partial charge in [0.1, 0.15) is 5.82 Å². The van der Waals surface area contributed by atoms with E-state index in [4.69, 9.17) is 0 Å². The Kier molecular flexibility index (Phi) is 6.83. The molecule has 25 heavy (non-hydrogen) atoms. The Labute approximate surface area is 146 Å². The number of alkyl halides is 3. The van der Waals surface area contributed by atoms with Crippen LogP contribution in [0.1, 0.15) is 26.0 Å². The Balaban J connectivity index is 1.99. The minimum absolute atomic E-state index is 0.00155. The fraction of sp³-hybridized carbons (Fsp3) is 0.750. The maximum Gasteiger partial charge on any atom is 0.433 e. The van der Waals surface area contributed by atoms with E-state index < -0.39 is 11.9 Å². The number of rotatable bonds is 7. The van der Waals surface area contributed by atoms with E-state index in [0.717, 1.165) is 45.2 Å². The lowest BCUT2D eigenvalue weighted by Crippen LogP contribution is -2.45. The molecule has 2 N–H and O–H groups in total. The lowest BCUT2D eigenvalue weighted by Gasteiger charge is -2.32. The predicted octanol–water partition coefficient (Wildman–Crippen LogP) is 2.37. The van der Waals surface area contributed by atoms with Gasteiger partial charge in [-0.05, 0) is 20.4 Å². The SMILES string of the molecule is CC[C@H](C)Nc1nc(NCCN2CCN(C)CC2)cc(C(F)(F)F)n1. The maximum absolute atomic E-state index is 13.1. The lowest BCUT2D eigenvalue weighted by atomic mass is 10.3. The van der Waals surface area contributed by atoms with Crippen LogP contribution in [0.4, 0.5) is 24.9 Å². The summed E-state index contributed by atoms with van der Waals surface area (Å²) in [6, 6.07) is 0.966. The molecule has 1 aliphatic heterocycles. The van der Waals surface area contributed by atoms with E-state index in [2.05, 4.69) is 37.4 Å². The van der Waals surface area contributed by atoms with E-state index in [1.165, 1.54) is 0 Å². The first-order valence-corrected chi connectivity index (χ1v) is 8.65. The highest BCUT2D eigenvalue weighted by atomic mass is 19.4. The summed E-state index contributed by atoms with van der Waals surface area (Å²) in [4.78, 5) is 12.3. The summed E-state index contributed by atoms with van der Waals surface area (Å²) in [5, 5.41) is 5.91. The van der Waals surface area contributed by atoms with Gasteiger partial charge in [-0.1, -0.05) is 6.92 Å². The van der Waals surface area contributed by atoms with Crippen molar-refractivity contribution in [1.29, 1.82) is 0 Å². The molecule has 9 heteroatoms. The zero-order chi connectivity index (χ0) is 18.4. The van der Waals surface area contributed by atoms with E-state index in [1.54, 1.807) is 0 Å². The fourth-order valence-corrected chi connectivity index (χ4v) is 2.48. The van der Waals surface area contributed by atoms with Crippen molar-refractivity contribution in [1.82, 2.24) is 19.8 Å². The molecule has 1 aromatic rings. The monoisotopic (exact) mass is 360 g/mol. The summed E-state index contributed by atoms with van der Waals surface area (Å²) in [6.45, 7) is 9.09. The summed E-state index contributed by atoms with van der Waals surface area (Å²) in [7, 11) is 2.08. The van der Waals surface area contributed by atoms with Crippen molar-refractivity contribution >= 4 is 11.8 Å². The van der Waals surface area contributed by atoms with E-state index in [9.17, 15) is 13.2 Å². The second kappa shape index (κ2) is 8.66. The molecule has 1 aromatic heterocycles. The Morgan fingerprint density at radius 2 is 1.88 bits per heavy atom. The topological polar surface area (TPSA) is 56.3 Å². The Morgan fingerprint density at radius 1 is 1.20 bits per heavy atom. The van der Waals surface area contributed by atoms with E-state index in [0.29, 0.717) is 6.54 Å². The molecule has 1 fully saturated rings. The molecule has 2 rings (SSSR count). The normalized spacial score (nSPS) is 18.2. The van der Waals surface area contributed by atoms with Crippen LogP contribution in [-0.4, -0.2) is 72.1 Å². The Hall–Kier alpha value is -1.61.